The Labute approximate surface area is 129 Å². The molecule has 2 aromatic heterocycles. The summed E-state index contributed by atoms with van der Waals surface area (Å²) in [5, 5.41) is 14.6. The van der Waals surface area contributed by atoms with Gasteiger partial charge < -0.3 is 0 Å². The van der Waals surface area contributed by atoms with Crippen molar-refractivity contribution in [2.24, 2.45) is 0 Å². The number of hydrogen-bond donors (Lipinski definition) is 2. The lowest BCUT2D eigenvalue weighted by molar-refractivity contribution is 0.307. The van der Waals surface area contributed by atoms with E-state index in [9.17, 15) is 0 Å². The van der Waals surface area contributed by atoms with Crippen LogP contribution >= 0.6 is 0 Å². The Bertz CT molecular complexity index is 715. The average molecular weight is 296 g/mol. The molecule has 0 unspecified atom stereocenters. The quantitative estimate of drug-likeness (QED) is 0.732. The number of nitrogens with zero attached hydrogens (tertiary/aromatic N) is 4. The second-order valence-electron chi connectivity index (χ2n) is 5.37. The van der Waals surface area contributed by atoms with Gasteiger partial charge in [0.15, 0.2) is 0 Å². The molecule has 0 aliphatic heterocycles. The number of aromatic amines is 2. The van der Waals surface area contributed by atoms with E-state index in [0.29, 0.717) is 0 Å². The Hall–Kier alpha value is -2.47. The summed E-state index contributed by atoms with van der Waals surface area (Å²) in [6.45, 7) is 3.56. The van der Waals surface area contributed by atoms with Gasteiger partial charge in [-0.05, 0) is 13.1 Å². The maximum Gasteiger partial charge on any atom is 0.150 e. The standard InChI is InChI=1S/C16H20N6/c1-3-15-17-16(21-20-15)11-22(2)10-13-9-14(19-18-13)12-7-5-4-6-8-12/h4-9H,3,10-11H2,1-2H3,(H,18,19)(H,17,20,21). The van der Waals surface area contributed by atoms with Crippen molar-refractivity contribution in [2.45, 2.75) is 26.4 Å². The summed E-state index contributed by atoms with van der Waals surface area (Å²) in [6.07, 6.45) is 0.848. The van der Waals surface area contributed by atoms with Gasteiger partial charge in [-0.25, -0.2) is 4.98 Å². The van der Waals surface area contributed by atoms with Gasteiger partial charge in [-0.2, -0.15) is 10.2 Å². The fraction of sp³-hybridized carbons (Fsp3) is 0.312. The fourth-order valence-corrected chi connectivity index (χ4v) is 2.37. The van der Waals surface area contributed by atoms with Gasteiger partial charge in [-0.3, -0.25) is 15.1 Å². The van der Waals surface area contributed by atoms with Gasteiger partial charge in [0.2, 0.25) is 0 Å². The highest BCUT2D eigenvalue weighted by Gasteiger charge is 2.09. The van der Waals surface area contributed by atoms with Crippen LogP contribution in [0.1, 0.15) is 24.3 Å². The zero-order valence-electron chi connectivity index (χ0n) is 12.9. The van der Waals surface area contributed by atoms with Crippen molar-refractivity contribution >= 4 is 0 Å². The number of benzene rings is 1. The van der Waals surface area contributed by atoms with Crippen LogP contribution in [-0.2, 0) is 19.5 Å². The van der Waals surface area contributed by atoms with Gasteiger partial charge in [0.05, 0.1) is 12.2 Å². The summed E-state index contributed by atoms with van der Waals surface area (Å²) in [7, 11) is 2.05. The van der Waals surface area contributed by atoms with Crippen molar-refractivity contribution in [1.82, 2.24) is 30.3 Å². The molecule has 114 valence electrons. The molecule has 1 aromatic carbocycles. The highest BCUT2D eigenvalue weighted by molar-refractivity contribution is 5.58. The van der Waals surface area contributed by atoms with E-state index in [1.807, 2.05) is 25.1 Å². The lowest BCUT2D eigenvalue weighted by Gasteiger charge is -2.12. The number of H-pyrrole nitrogens is 2. The molecule has 0 atom stereocenters. The topological polar surface area (TPSA) is 73.5 Å². The number of aromatic nitrogens is 5. The molecule has 0 amide bonds. The van der Waals surface area contributed by atoms with Crippen molar-refractivity contribution in [3.8, 4) is 11.3 Å². The van der Waals surface area contributed by atoms with Gasteiger partial charge in [0.1, 0.15) is 11.6 Å². The first kappa shape index (κ1) is 14.5. The normalized spacial score (nSPS) is 11.2. The monoisotopic (exact) mass is 296 g/mol. The van der Waals surface area contributed by atoms with Crippen LogP contribution in [-0.4, -0.2) is 37.3 Å². The number of rotatable bonds is 6. The van der Waals surface area contributed by atoms with Crippen molar-refractivity contribution in [1.29, 1.82) is 0 Å². The Balaban J connectivity index is 1.62. The first-order valence-corrected chi connectivity index (χ1v) is 7.43. The van der Waals surface area contributed by atoms with E-state index in [-0.39, 0.29) is 0 Å². The summed E-state index contributed by atoms with van der Waals surface area (Å²) < 4.78 is 0. The minimum atomic E-state index is 0.729. The van der Waals surface area contributed by atoms with Crippen LogP contribution in [0.2, 0.25) is 0 Å². The Morgan fingerprint density at radius 3 is 2.59 bits per heavy atom. The average Bonchev–Trinajstić information content (AvgIpc) is 3.17. The van der Waals surface area contributed by atoms with Crippen molar-refractivity contribution in [3.63, 3.8) is 0 Å². The molecule has 0 bridgehead atoms. The third-order valence-corrected chi connectivity index (χ3v) is 3.45. The highest BCUT2D eigenvalue weighted by Crippen LogP contribution is 2.17. The molecule has 6 heteroatoms. The van der Waals surface area contributed by atoms with E-state index < -0.39 is 0 Å². The second-order valence-corrected chi connectivity index (χ2v) is 5.37. The second kappa shape index (κ2) is 6.53. The summed E-state index contributed by atoms with van der Waals surface area (Å²) in [5.41, 5.74) is 3.17. The molecular formula is C16H20N6. The zero-order chi connectivity index (χ0) is 15.4. The summed E-state index contributed by atoms with van der Waals surface area (Å²) >= 11 is 0. The van der Waals surface area contributed by atoms with Gasteiger partial charge in [0, 0.05) is 24.2 Å². The lowest BCUT2D eigenvalue weighted by atomic mass is 10.1. The van der Waals surface area contributed by atoms with Gasteiger partial charge in [0.25, 0.3) is 0 Å². The lowest BCUT2D eigenvalue weighted by Crippen LogP contribution is -2.18. The molecule has 0 radical (unpaired) electrons. The molecule has 0 saturated carbocycles. The van der Waals surface area contributed by atoms with E-state index in [0.717, 1.165) is 48.1 Å². The third-order valence-electron chi connectivity index (χ3n) is 3.45. The molecule has 3 rings (SSSR count). The van der Waals surface area contributed by atoms with Crippen molar-refractivity contribution in [2.75, 3.05) is 7.05 Å². The molecule has 0 fully saturated rings. The summed E-state index contributed by atoms with van der Waals surface area (Å²) in [6, 6.07) is 12.3. The molecule has 22 heavy (non-hydrogen) atoms. The predicted molar refractivity (Wildman–Crippen MR) is 85.0 cm³/mol. The first-order valence-electron chi connectivity index (χ1n) is 7.43. The van der Waals surface area contributed by atoms with Gasteiger partial charge in [-0.1, -0.05) is 37.3 Å². The molecule has 2 N–H and O–H groups in total. The van der Waals surface area contributed by atoms with Crippen LogP contribution in [0.15, 0.2) is 36.4 Å². The highest BCUT2D eigenvalue weighted by atomic mass is 15.2. The van der Waals surface area contributed by atoms with Crippen LogP contribution in [0, 0.1) is 0 Å². The van der Waals surface area contributed by atoms with Crippen LogP contribution in [0.4, 0.5) is 0 Å². The molecule has 0 aliphatic rings. The Morgan fingerprint density at radius 2 is 1.86 bits per heavy atom. The van der Waals surface area contributed by atoms with E-state index in [1.165, 1.54) is 0 Å². The van der Waals surface area contributed by atoms with E-state index >= 15 is 0 Å². The van der Waals surface area contributed by atoms with Crippen LogP contribution in [0.5, 0.6) is 0 Å². The summed E-state index contributed by atoms with van der Waals surface area (Å²) in [5.74, 6) is 1.75. The fourth-order valence-electron chi connectivity index (χ4n) is 2.37. The summed E-state index contributed by atoms with van der Waals surface area (Å²) in [4.78, 5) is 6.60. The minimum Gasteiger partial charge on any atom is -0.293 e. The van der Waals surface area contributed by atoms with Crippen molar-refractivity contribution in [3.05, 3.63) is 53.7 Å². The third kappa shape index (κ3) is 3.40. The molecule has 0 saturated heterocycles. The maximum absolute atomic E-state index is 4.43. The van der Waals surface area contributed by atoms with E-state index in [1.54, 1.807) is 0 Å². The smallest absolute Gasteiger partial charge is 0.150 e. The largest absolute Gasteiger partial charge is 0.293 e. The van der Waals surface area contributed by atoms with Gasteiger partial charge >= 0.3 is 0 Å². The van der Waals surface area contributed by atoms with Crippen molar-refractivity contribution < 1.29 is 0 Å². The molecule has 3 aromatic rings. The predicted octanol–water partition coefficient (Wildman–Crippen LogP) is 2.39. The van der Waals surface area contributed by atoms with Crippen LogP contribution in [0.25, 0.3) is 11.3 Å². The zero-order valence-corrected chi connectivity index (χ0v) is 12.9. The number of hydrogen-bond acceptors (Lipinski definition) is 4. The SMILES string of the molecule is CCc1n[nH]c(CN(C)Cc2cc(-c3ccccc3)n[nH]2)n1. The first-order chi connectivity index (χ1) is 10.7. The van der Waals surface area contributed by atoms with Crippen LogP contribution in [0.3, 0.4) is 0 Å². The minimum absolute atomic E-state index is 0.729. The Morgan fingerprint density at radius 1 is 1.05 bits per heavy atom. The van der Waals surface area contributed by atoms with Gasteiger partial charge in [-0.15, -0.1) is 0 Å². The molecular weight excluding hydrogens is 276 g/mol. The number of aryl methyl sites for hydroxylation is 1. The Kier molecular flexibility index (Phi) is 4.29. The molecule has 0 spiro atoms. The molecule has 6 nitrogen and oxygen atoms in total. The number of nitrogens with one attached hydrogen (secondary N) is 2. The molecule has 2 heterocycles. The molecule has 0 aliphatic carbocycles. The van der Waals surface area contributed by atoms with E-state index in [4.69, 9.17) is 0 Å². The maximum atomic E-state index is 4.43. The van der Waals surface area contributed by atoms with Crippen LogP contribution < -0.4 is 0 Å². The van der Waals surface area contributed by atoms with E-state index in [2.05, 4.69) is 55.5 Å².